The summed E-state index contributed by atoms with van der Waals surface area (Å²) in [7, 11) is 1.63. The standard InChI is InChI=1S/C34H42N8O5/c1-34(2,3)47-33(43)42-12-10-23(19-42)20-46-29-7-5-24(17-25(29)18-35)27-9-11-36-32(37-27)39-30-8-6-28(31(38-30)44-4)41-15-13-40(14-16-41)26-21-45-22-26/h5-9,11,17,23,26H,10,12-16,19-22H2,1-4H3,(H,36,37,38,39). The molecule has 5 heterocycles. The van der Waals surface area contributed by atoms with Gasteiger partial charge in [-0.1, -0.05) is 0 Å². The fourth-order valence-electron chi connectivity index (χ4n) is 5.92. The lowest BCUT2D eigenvalue weighted by molar-refractivity contribution is -0.0660. The van der Waals surface area contributed by atoms with Crippen molar-refractivity contribution in [2.24, 2.45) is 5.92 Å². The van der Waals surface area contributed by atoms with E-state index in [4.69, 9.17) is 23.9 Å². The van der Waals surface area contributed by atoms with Gasteiger partial charge in [-0.15, -0.1) is 0 Å². The Hall–Kier alpha value is -4.67. The van der Waals surface area contributed by atoms with E-state index in [-0.39, 0.29) is 12.0 Å². The minimum atomic E-state index is -0.534. The van der Waals surface area contributed by atoms with Crippen molar-refractivity contribution >= 4 is 23.5 Å². The molecule has 1 N–H and O–H groups in total. The van der Waals surface area contributed by atoms with Crippen LogP contribution < -0.4 is 19.7 Å². The van der Waals surface area contributed by atoms with Crippen LogP contribution in [0, 0.1) is 17.2 Å². The van der Waals surface area contributed by atoms with E-state index >= 15 is 0 Å². The van der Waals surface area contributed by atoms with E-state index in [2.05, 4.69) is 31.2 Å². The fourth-order valence-corrected chi connectivity index (χ4v) is 5.92. The predicted molar refractivity (Wildman–Crippen MR) is 176 cm³/mol. The Bertz CT molecular complexity index is 1610. The first-order valence-electron chi connectivity index (χ1n) is 16.1. The highest BCUT2D eigenvalue weighted by atomic mass is 16.6. The molecule has 1 aromatic carbocycles. The molecule has 1 atom stereocenters. The molecule has 13 heteroatoms. The molecule has 47 heavy (non-hydrogen) atoms. The number of aromatic nitrogens is 3. The number of pyridine rings is 1. The van der Waals surface area contributed by atoms with Gasteiger partial charge in [-0.05, 0) is 63.6 Å². The van der Waals surface area contributed by atoms with Crippen LogP contribution in [0.5, 0.6) is 11.6 Å². The second-order valence-electron chi connectivity index (χ2n) is 13.0. The van der Waals surface area contributed by atoms with Crippen LogP contribution in [-0.2, 0) is 9.47 Å². The van der Waals surface area contributed by atoms with Crippen LogP contribution in [0.2, 0.25) is 0 Å². The third-order valence-electron chi connectivity index (χ3n) is 8.53. The number of hydrogen-bond donors (Lipinski definition) is 1. The van der Waals surface area contributed by atoms with Gasteiger partial charge in [-0.3, -0.25) is 4.90 Å². The summed E-state index contributed by atoms with van der Waals surface area (Å²) in [5, 5.41) is 13.1. The molecule has 2 aromatic heterocycles. The van der Waals surface area contributed by atoms with Gasteiger partial charge >= 0.3 is 6.09 Å². The number of rotatable bonds is 9. The fraction of sp³-hybridized carbons (Fsp3) is 0.500. The molecule has 0 aliphatic carbocycles. The molecule has 0 bridgehead atoms. The van der Waals surface area contributed by atoms with Crippen LogP contribution in [-0.4, -0.2) is 109 Å². The largest absolute Gasteiger partial charge is 0.492 e. The van der Waals surface area contributed by atoms with Gasteiger partial charge in [0.1, 0.15) is 28.9 Å². The summed E-state index contributed by atoms with van der Waals surface area (Å²) >= 11 is 0. The molecule has 13 nitrogen and oxygen atoms in total. The zero-order valence-corrected chi connectivity index (χ0v) is 27.4. The van der Waals surface area contributed by atoms with Crippen LogP contribution >= 0.6 is 0 Å². The normalized spacial score (nSPS) is 18.7. The van der Waals surface area contributed by atoms with Gasteiger partial charge in [0.05, 0.1) is 44.2 Å². The van der Waals surface area contributed by atoms with Gasteiger partial charge in [-0.25, -0.2) is 14.8 Å². The molecule has 0 radical (unpaired) electrons. The van der Waals surface area contributed by atoms with Crippen LogP contribution in [0.3, 0.4) is 0 Å². The number of nitriles is 1. The van der Waals surface area contributed by atoms with E-state index in [1.807, 2.05) is 39.0 Å². The maximum Gasteiger partial charge on any atom is 0.410 e. The van der Waals surface area contributed by atoms with E-state index in [1.54, 1.807) is 36.4 Å². The van der Waals surface area contributed by atoms with Gasteiger partial charge in [-0.2, -0.15) is 10.2 Å². The van der Waals surface area contributed by atoms with Crippen LogP contribution in [0.25, 0.3) is 11.3 Å². The Morgan fingerprint density at radius 2 is 1.89 bits per heavy atom. The Morgan fingerprint density at radius 3 is 2.60 bits per heavy atom. The van der Waals surface area contributed by atoms with Crippen molar-refractivity contribution in [1.29, 1.82) is 5.26 Å². The monoisotopic (exact) mass is 642 g/mol. The minimum Gasteiger partial charge on any atom is -0.492 e. The summed E-state index contributed by atoms with van der Waals surface area (Å²) in [6, 6.07) is 13.9. The number of carbonyl (C=O) groups excluding carboxylic acids is 1. The van der Waals surface area contributed by atoms with Crippen molar-refractivity contribution in [2.45, 2.75) is 38.8 Å². The smallest absolute Gasteiger partial charge is 0.410 e. The summed E-state index contributed by atoms with van der Waals surface area (Å²) in [5.74, 6) is 2.12. The lowest BCUT2D eigenvalue weighted by Gasteiger charge is -2.43. The summed E-state index contributed by atoms with van der Waals surface area (Å²) < 4.78 is 22.6. The topological polar surface area (TPSA) is 138 Å². The van der Waals surface area contributed by atoms with Crippen molar-refractivity contribution in [3.05, 3.63) is 48.2 Å². The van der Waals surface area contributed by atoms with E-state index in [0.717, 1.165) is 57.1 Å². The van der Waals surface area contributed by atoms with E-state index < -0.39 is 5.60 Å². The molecule has 3 aromatic rings. The third kappa shape index (κ3) is 7.84. The molecular weight excluding hydrogens is 600 g/mol. The van der Waals surface area contributed by atoms with Gasteiger partial charge in [0.15, 0.2) is 0 Å². The molecule has 1 unspecified atom stereocenters. The zero-order valence-electron chi connectivity index (χ0n) is 27.4. The molecule has 1 amide bonds. The molecule has 0 saturated carbocycles. The molecule has 0 spiro atoms. The quantitative estimate of drug-likeness (QED) is 0.356. The summed E-state index contributed by atoms with van der Waals surface area (Å²) in [6.45, 7) is 12.6. The average Bonchev–Trinajstić information content (AvgIpc) is 3.52. The average molecular weight is 643 g/mol. The zero-order chi connectivity index (χ0) is 33.0. The lowest BCUT2D eigenvalue weighted by atomic mass is 10.1. The van der Waals surface area contributed by atoms with Crippen LogP contribution in [0.4, 0.5) is 22.2 Å². The van der Waals surface area contributed by atoms with Crippen molar-refractivity contribution in [3.8, 4) is 29.0 Å². The molecular formula is C34H42N8O5. The molecule has 6 rings (SSSR count). The van der Waals surface area contributed by atoms with Crippen LogP contribution in [0.15, 0.2) is 42.6 Å². The SMILES string of the molecule is COc1nc(Nc2nccc(-c3ccc(OCC4CCN(C(=O)OC(C)(C)C)C4)c(C#N)c3)n2)ccc1N1CCN(C2COC2)CC1. The first-order chi connectivity index (χ1) is 22.7. The lowest BCUT2D eigenvalue weighted by Crippen LogP contribution is -2.56. The number of amides is 1. The summed E-state index contributed by atoms with van der Waals surface area (Å²) in [4.78, 5) is 32.7. The maximum atomic E-state index is 12.4. The van der Waals surface area contributed by atoms with E-state index in [1.165, 1.54) is 0 Å². The highest BCUT2D eigenvalue weighted by Gasteiger charge is 2.31. The van der Waals surface area contributed by atoms with E-state index in [0.29, 0.717) is 60.4 Å². The number of piperazine rings is 1. The Morgan fingerprint density at radius 1 is 1.09 bits per heavy atom. The Kier molecular flexibility index (Phi) is 9.60. The van der Waals surface area contributed by atoms with Crippen molar-refractivity contribution < 1.29 is 23.7 Å². The number of ether oxygens (including phenoxy) is 4. The molecule has 3 aliphatic rings. The number of methoxy groups -OCH3 is 1. The summed E-state index contributed by atoms with van der Waals surface area (Å²) in [6.07, 6.45) is 2.17. The summed E-state index contributed by atoms with van der Waals surface area (Å²) in [5.41, 5.74) is 2.23. The first kappa shape index (κ1) is 32.3. The Balaban J connectivity index is 1.07. The number of anilines is 3. The number of likely N-dealkylation sites (tertiary alicyclic amines) is 1. The van der Waals surface area contributed by atoms with Gasteiger partial charge in [0.2, 0.25) is 11.8 Å². The number of carbonyl (C=O) groups is 1. The van der Waals surface area contributed by atoms with Gasteiger partial charge in [0, 0.05) is 56.9 Å². The highest BCUT2D eigenvalue weighted by Crippen LogP contribution is 2.31. The molecule has 248 valence electrons. The number of nitrogens with one attached hydrogen (secondary N) is 1. The van der Waals surface area contributed by atoms with Gasteiger partial charge in [0.25, 0.3) is 0 Å². The Labute approximate surface area is 275 Å². The second-order valence-corrected chi connectivity index (χ2v) is 13.0. The number of nitrogens with zero attached hydrogens (tertiary/aromatic N) is 7. The van der Waals surface area contributed by atoms with Crippen LogP contribution in [0.1, 0.15) is 32.8 Å². The van der Waals surface area contributed by atoms with E-state index in [9.17, 15) is 10.1 Å². The van der Waals surface area contributed by atoms with Gasteiger partial charge < -0.3 is 34.1 Å². The molecule has 3 saturated heterocycles. The first-order valence-corrected chi connectivity index (χ1v) is 16.1. The maximum absolute atomic E-state index is 12.4. The third-order valence-corrected chi connectivity index (χ3v) is 8.53. The number of hydrogen-bond acceptors (Lipinski definition) is 12. The predicted octanol–water partition coefficient (Wildman–Crippen LogP) is 4.32. The number of benzene rings is 1. The van der Waals surface area contributed by atoms with Crippen molar-refractivity contribution in [2.75, 3.05) is 76.4 Å². The van der Waals surface area contributed by atoms with Crippen molar-refractivity contribution in [1.82, 2.24) is 24.8 Å². The minimum absolute atomic E-state index is 0.156. The second kappa shape index (κ2) is 14.0. The molecule has 3 fully saturated rings. The highest BCUT2D eigenvalue weighted by molar-refractivity contribution is 5.68. The van der Waals surface area contributed by atoms with Crippen molar-refractivity contribution in [3.63, 3.8) is 0 Å². The molecule has 3 aliphatic heterocycles.